The van der Waals surface area contributed by atoms with Gasteiger partial charge in [0.2, 0.25) is 0 Å². The summed E-state index contributed by atoms with van der Waals surface area (Å²) in [4.78, 5) is 0. The van der Waals surface area contributed by atoms with Crippen molar-refractivity contribution in [3.63, 3.8) is 0 Å². The lowest BCUT2D eigenvalue weighted by Crippen LogP contribution is -2.11. The number of hydrogen-bond donors (Lipinski definition) is 1. The third kappa shape index (κ3) is 2.32. The largest absolute Gasteiger partial charge is 0.497 e. The summed E-state index contributed by atoms with van der Waals surface area (Å²) in [6.45, 7) is 0.530. The van der Waals surface area contributed by atoms with Crippen molar-refractivity contribution in [3.8, 4) is 5.75 Å². The van der Waals surface area contributed by atoms with E-state index in [2.05, 4.69) is 6.07 Å². The third-order valence-electron chi connectivity index (χ3n) is 2.52. The van der Waals surface area contributed by atoms with Crippen LogP contribution in [0.1, 0.15) is 5.56 Å². The molecule has 0 saturated heterocycles. The first-order valence-electron chi connectivity index (χ1n) is 5.16. The molecule has 0 radical (unpaired) electrons. The van der Waals surface area contributed by atoms with Crippen LogP contribution in [0.5, 0.6) is 5.75 Å². The van der Waals surface area contributed by atoms with Crippen molar-refractivity contribution < 1.29 is 9.94 Å². The van der Waals surface area contributed by atoms with Crippen molar-refractivity contribution in [1.29, 1.82) is 0 Å². The first kappa shape index (κ1) is 10.9. The van der Waals surface area contributed by atoms with Crippen molar-refractivity contribution >= 4 is 10.8 Å². The molecule has 0 aliphatic heterocycles. The van der Waals surface area contributed by atoms with Crippen molar-refractivity contribution in [3.05, 3.63) is 42.0 Å². The monoisotopic (exact) mass is 217 g/mol. The normalized spacial score (nSPS) is 11.0. The van der Waals surface area contributed by atoms with Gasteiger partial charge in [-0.3, -0.25) is 0 Å². The van der Waals surface area contributed by atoms with Crippen LogP contribution in [0.15, 0.2) is 36.4 Å². The van der Waals surface area contributed by atoms with E-state index in [1.807, 2.05) is 30.3 Å². The maximum absolute atomic E-state index is 9.17. The van der Waals surface area contributed by atoms with Crippen molar-refractivity contribution in [1.82, 2.24) is 5.06 Å². The van der Waals surface area contributed by atoms with E-state index >= 15 is 0 Å². The van der Waals surface area contributed by atoms with E-state index in [0.717, 1.165) is 22.1 Å². The topological polar surface area (TPSA) is 32.7 Å². The minimum Gasteiger partial charge on any atom is -0.497 e. The van der Waals surface area contributed by atoms with E-state index in [-0.39, 0.29) is 0 Å². The predicted octanol–water partition coefficient (Wildman–Crippen LogP) is 2.67. The Labute approximate surface area is 94.8 Å². The molecule has 0 spiro atoms. The first-order chi connectivity index (χ1) is 7.69. The molecule has 0 amide bonds. The average molecular weight is 217 g/mol. The number of fused-ring (bicyclic) bond motifs is 1. The number of hydroxylamine groups is 2. The number of benzene rings is 2. The molecule has 0 unspecified atom stereocenters. The molecule has 0 aromatic heterocycles. The zero-order valence-electron chi connectivity index (χ0n) is 9.47. The van der Waals surface area contributed by atoms with Gasteiger partial charge in [0.15, 0.2) is 0 Å². The van der Waals surface area contributed by atoms with E-state index in [9.17, 15) is 5.21 Å². The first-order valence-corrected chi connectivity index (χ1v) is 5.16. The SMILES string of the molecule is COc1ccc2cc(CN(C)O)ccc2c1. The Kier molecular flexibility index (Phi) is 3.08. The molecule has 84 valence electrons. The van der Waals surface area contributed by atoms with Crippen molar-refractivity contribution in [2.24, 2.45) is 0 Å². The smallest absolute Gasteiger partial charge is 0.119 e. The summed E-state index contributed by atoms with van der Waals surface area (Å²) in [5, 5.41) is 12.6. The quantitative estimate of drug-likeness (QED) is 0.802. The maximum Gasteiger partial charge on any atom is 0.119 e. The Balaban J connectivity index is 2.39. The Morgan fingerprint density at radius 1 is 1.12 bits per heavy atom. The summed E-state index contributed by atoms with van der Waals surface area (Å²) in [7, 11) is 3.30. The molecule has 0 atom stereocenters. The molecule has 16 heavy (non-hydrogen) atoms. The van der Waals surface area contributed by atoms with Gasteiger partial charge in [-0.15, -0.1) is 0 Å². The molecule has 0 aliphatic carbocycles. The lowest BCUT2D eigenvalue weighted by Gasteiger charge is -2.09. The molecular weight excluding hydrogens is 202 g/mol. The minimum absolute atomic E-state index is 0.530. The van der Waals surface area contributed by atoms with Gasteiger partial charge < -0.3 is 9.94 Å². The van der Waals surface area contributed by atoms with E-state index in [4.69, 9.17) is 4.74 Å². The second-order valence-corrected chi connectivity index (χ2v) is 3.86. The second-order valence-electron chi connectivity index (χ2n) is 3.86. The van der Waals surface area contributed by atoms with Crippen LogP contribution < -0.4 is 4.74 Å². The zero-order valence-corrected chi connectivity index (χ0v) is 9.47. The highest BCUT2D eigenvalue weighted by atomic mass is 16.5. The van der Waals surface area contributed by atoms with E-state index in [0.29, 0.717) is 6.54 Å². The van der Waals surface area contributed by atoms with Crippen LogP contribution in [0, 0.1) is 0 Å². The maximum atomic E-state index is 9.17. The number of nitrogens with zero attached hydrogens (tertiary/aromatic N) is 1. The molecule has 2 aromatic rings. The summed E-state index contributed by atoms with van der Waals surface area (Å²) in [6.07, 6.45) is 0. The van der Waals surface area contributed by atoms with Crippen LogP contribution in [0.4, 0.5) is 0 Å². The van der Waals surface area contributed by atoms with Crippen LogP contribution in [0.3, 0.4) is 0 Å². The number of hydrogen-bond acceptors (Lipinski definition) is 3. The Morgan fingerprint density at radius 3 is 2.50 bits per heavy atom. The van der Waals surface area contributed by atoms with Gasteiger partial charge in [0, 0.05) is 13.6 Å². The van der Waals surface area contributed by atoms with Crippen LogP contribution in [0.2, 0.25) is 0 Å². The van der Waals surface area contributed by atoms with E-state index in [1.165, 1.54) is 5.06 Å². The molecular formula is C13H15NO2. The lowest BCUT2D eigenvalue weighted by molar-refractivity contribution is -0.0731. The van der Waals surface area contributed by atoms with Gasteiger partial charge in [-0.1, -0.05) is 18.2 Å². The molecule has 0 saturated carbocycles. The van der Waals surface area contributed by atoms with Gasteiger partial charge in [-0.2, -0.15) is 5.06 Å². The standard InChI is InChI=1S/C13H15NO2/c1-14(15)9-10-3-4-12-8-13(16-2)6-5-11(12)7-10/h3-8,15H,9H2,1-2H3. The fourth-order valence-corrected chi connectivity index (χ4v) is 1.76. The zero-order chi connectivity index (χ0) is 11.5. The van der Waals surface area contributed by atoms with E-state index in [1.54, 1.807) is 14.2 Å². The van der Waals surface area contributed by atoms with Gasteiger partial charge in [-0.25, -0.2) is 0 Å². The van der Waals surface area contributed by atoms with Gasteiger partial charge in [0.1, 0.15) is 5.75 Å². The summed E-state index contributed by atoms with van der Waals surface area (Å²) in [6, 6.07) is 12.1. The molecule has 3 nitrogen and oxygen atoms in total. The Hall–Kier alpha value is -1.58. The summed E-state index contributed by atoms with van der Waals surface area (Å²) in [5.41, 5.74) is 1.09. The molecule has 0 aliphatic rings. The lowest BCUT2D eigenvalue weighted by atomic mass is 10.1. The third-order valence-corrected chi connectivity index (χ3v) is 2.52. The fraction of sp³-hybridized carbons (Fsp3) is 0.231. The predicted molar refractivity (Wildman–Crippen MR) is 63.8 cm³/mol. The number of methoxy groups -OCH3 is 1. The number of ether oxygens (including phenoxy) is 1. The van der Waals surface area contributed by atoms with E-state index < -0.39 is 0 Å². The van der Waals surface area contributed by atoms with Crippen LogP contribution in [-0.4, -0.2) is 24.4 Å². The Bertz CT molecular complexity index is 494. The summed E-state index contributed by atoms with van der Waals surface area (Å²) >= 11 is 0. The molecule has 1 N–H and O–H groups in total. The fourth-order valence-electron chi connectivity index (χ4n) is 1.76. The molecule has 0 heterocycles. The molecule has 2 aromatic carbocycles. The van der Waals surface area contributed by atoms with Gasteiger partial charge in [0.05, 0.1) is 7.11 Å². The molecule has 3 heteroatoms. The van der Waals surface area contributed by atoms with Crippen molar-refractivity contribution in [2.75, 3.05) is 14.2 Å². The van der Waals surface area contributed by atoms with Gasteiger partial charge >= 0.3 is 0 Å². The van der Waals surface area contributed by atoms with Crippen LogP contribution in [-0.2, 0) is 6.54 Å². The highest BCUT2D eigenvalue weighted by molar-refractivity contribution is 5.84. The van der Waals surface area contributed by atoms with Gasteiger partial charge in [-0.05, 0) is 34.5 Å². The average Bonchev–Trinajstić information content (AvgIpc) is 2.27. The molecule has 0 bridgehead atoms. The number of rotatable bonds is 3. The Morgan fingerprint density at radius 2 is 1.81 bits per heavy atom. The minimum atomic E-state index is 0.530. The molecule has 0 fully saturated rings. The second kappa shape index (κ2) is 4.51. The van der Waals surface area contributed by atoms with Crippen LogP contribution in [0.25, 0.3) is 10.8 Å². The van der Waals surface area contributed by atoms with Crippen molar-refractivity contribution in [2.45, 2.75) is 6.54 Å². The highest BCUT2D eigenvalue weighted by Gasteiger charge is 2.00. The highest BCUT2D eigenvalue weighted by Crippen LogP contribution is 2.22. The summed E-state index contributed by atoms with van der Waals surface area (Å²) < 4.78 is 5.17. The van der Waals surface area contributed by atoms with Gasteiger partial charge in [0.25, 0.3) is 0 Å². The molecule has 2 rings (SSSR count). The summed E-state index contributed by atoms with van der Waals surface area (Å²) in [5.74, 6) is 0.861. The van der Waals surface area contributed by atoms with Crippen LogP contribution >= 0.6 is 0 Å².